The summed E-state index contributed by atoms with van der Waals surface area (Å²) in [6.07, 6.45) is 10.2. The summed E-state index contributed by atoms with van der Waals surface area (Å²) in [5, 5.41) is 0. The van der Waals surface area contributed by atoms with Crippen LogP contribution < -0.4 is 5.73 Å². The number of fused-ring (bicyclic) bond motifs is 2. The summed E-state index contributed by atoms with van der Waals surface area (Å²) in [5.41, 5.74) is 9.05. The van der Waals surface area contributed by atoms with Crippen molar-refractivity contribution in [3.05, 3.63) is 60.2 Å². The van der Waals surface area contributed by atoms with Gasteiger partial charge in [-0.1, -0.05) is 30.7 Å². The number of cyclic esters (lactones) is 1. The van der Waals surface area contributed by atoms with Gasteiger partial charge in [-0.25, -0.2) is 4.39 Å². The molecular formula is C26H29FN2O2. The van der Waals surface area contributed by atoms with Gasteiger partial charge in [-0.3, -0.25) is 9.78 Å². The van der Waals surface area contributed by atoms with Gasteiger partial charge in [-0.2, -0.15) is 0 Å². The van der Waals surface area contributed by atoms with E-state index in [9.17, 15) is 9.18 Å². The maximum absolute atomic E-state index is 13.5. The van der Waals surface area contributed by atoms with Gasteiger partial charge in [0.1, 0.15) is 11.9 Å². The number of aromatic nitrogens is 1. The number of carbonyl (C=O) groups excluding carboxylic acids is 1. The molecule has 0 spiro atoms. The molecule has 1 aromatic heterocycles. The van der Waals surface area contributed by atoms with E-state index in [4.69, 9.17) is 10.5 Å². The zero-order chi connectivity index (χ0) is 21.5. The molecule has 162 valence electrons. The number of ether oxygens (including phenoxy) is 1. The summed E-state index contributed by atoms with van der Waals surface area (Å²) in [6.45, 7) is 2.03. The fourth-order valence-electron chi connectivity index (χ4n) is 6.23. The Bertz CT molecular complexity index is 989. The topological polar surface area (TPSA) is 65.2 Å². The van der Waals surface area contributed by atoms with Crippen LogP contribution in [0.3, 0.4) is 0 Å². The van der Waals surface area contributed by atoms with Gasteiger partial charge in [0.05, 0.1) is 11.6 Å². The van der Waals surface area contributed by atoms with Crippen molar-refractivity contribution < 1.29 is 13.9 Å². The second-order valence-corrected chi connectivity index (χ2v) is 9.40. The number of halogens is 1. The third-order valence-electron chi connectivity index (χ3n) is 7.68. The summed E-state index contributed by atoms with van der Waals surface area (Å²) >= 11 is 0. The van der Waals surface area contributed by atoms with Crippen LogP contribution in [0.15, 0.2) is 48.7 Å². The summed E-state index contributed by atoms with van der Waals surface area (Å²) in [4.78, 5) is 17.1. The lowest BCUT2D eigenvalue weighted by atomic mass is 9.56. The zero-order valence-corrected chi connectivity index (χ0v) is 17.8. The molecule has 31 heavy (non-hydrogen) atoms. The van der Waals surface area contributed by atoms with Gasteiger partial charge in [0.25, 0.3) is 0 Å². The quantitative estimate of drug-likeness (QED) is 0.722. The normalized spacial score (nSPS) is 34.9. The maximum atomic E-state index is 13.5. The van der Waals surface area contributed by atoms with E-state index >= 15 is 0 Å². The van der Waals surface area contributed by atoms with Crippen LogP contribution in [0.4, 0.5) is 4.39 Å². The average molecular weight is 421 g/mol. The number of esters is 1. The number of hydrogen-bond acceptors (Lipinski definition) is 4. The van der Waals surface area contributed by atoms with Crippen molar-refractivity contribution in [3.8, 4) is 11.1 Å². The van der Waals surface area contributed by atoms with Crippen molar-refractivity contribution in [3.63, 3.8) is 0 Å². The Morgan fingerprint density at radius 2 is 2.03 bits per heavy atom. The first-order chi connectivity index (χ1) is 15.0. The van der Waals surface area contributed by atoms with Crippen LogP contribution in [-0.2, 0) is 9.53 Å². The molecule has 2 saturated carbocycles. The van der Waals surface area contributed by atoms with Gasteiger partial charge in [0.2, 0.25) is 0 Å². The van der Waals surface area contributed by atoms with Crippen molar-refractivity contribution in [2.45, 2.75) is 44.8 Å². The Morgan fingerprint density at radius 1 is 1.16 bits per heavy atom. The highest BCUT2D eigenvalue weighted by molar-refractivity contribution is 5.75. The lowest BCUT2D eigenvalue weighted by Gasteiger charge is -2.48. The van der Waals surface area contributed by atoms with Crippen molar-refractivity contribution in [2.24, 2.45) is 35.3 Å². The van der Waals surface area contributed by atoms with E-state index in [1.165, 1.54) is 12.1 Å². The number of rotatable bonds is 3. The molecule has 3 aliphatic rings. The molecule has 3 fully saturated rings. The second kappa shape index (κ2) is 8.19. The van der Waals surface area contributed by atoms with Gasteiger partial charge < -0.3 is 10.5 Å². The Morgan fingerprint density at radius 3 is 2.81 bits per heavy atom. The maximum Gasteiger partial charge on any atom is 0.309 e. The van der Waals surface area contributed by atoms with Gasteiger partial charge in [-0.15, -0.1) is 0 Å². The highest BCUT2D eigenvalue weighted by atomic mass is 19.1. The molecule has 2 aromatic rings. The Kier molecular flexibility index (Phi) is 5.39. The highest BCUT2D eigenvalue weighted by Gasteiger charge is 2.55. The number of allylic oxidation sites excluding steroid dienone is 1. The van der Waals surface area contributed by atoms with Crippen LogP contribution in [0.25, 0.3) is 17.2 Å². The lowest BCUT2D eigenvalue weighted by Crippen LogP contribution is -2.49. The molecule has 1 aromatic carbocycles. The molecule has 0 bridgehead atoms. The van der Waals surface area contributed by atoms with Crippen molar-refractivity contribution in [1.82, 2.24) is 4.98 Å². The Hall–Kier alpha value is -2.53. The zero-order valence-electron chi connectivity index (χ0n) is 17.8. The first-order valence-corrected chi connectivity index (χ1v) is 11.4. The van der Waals surface area contributed by atoms with E-state index in [2.05, 4.69) is 17.1 Å². The smallest absolute Gasteiger partial charge is 0.309 e. The summed E-state index contributed by atoms with van der Waals surface area (Å²) in [7, 11) is 0. The highest BCUT2D eigenvalue weighted by Crippen LogP contribution is 2.53. The van der Waals surface area contributed by atoms with Crippen LogP contribution >= 0.6 is 0 Å². The number of nitrogens with zero attached hydrogens (tertiary/aromatic N) is 1. The molecule has 0 amide bonds. The van der Waals surface area contributed by atoms with Gasteiger partial charge in [-0.05, 0) is 73.8 Å². The second-order valence-electron chi connectivity index (χ2n) is 9.40. The molecule has 0 unspecified atom stereocenters. The summed E-state index contributed by atoms with van der Waals surface area (Å²) in [6, 6.07) is 10.6. The van der Waals surface area contributed by atoms with E-state index in [0.717, 1.165) is 42.5 Å². The number of pyridine rings is 1. The van der Waals surface area contributed by atoms with Crippen molar-refractivity contribution >= 4 is 12.0 Å². The first-order valence-electron chi connectivity index (χ1n) is 11.4. The van der Waals surface area contributed by atoms with E-state index in [1.54, 1.807) is 12.3 Å². The number of benzene rings is 1. The van der Waals surface area contributed by atoms with Crippen LogP contribution in [-0.4, -0.2) is 23.1 Å². The predicted octanol–water partition coefficient (Wildman–Crippen LogP) is 4.84. The van der Waals surface area contributed by atoms with Crippen LogP contribution in [0.5, 0.6) is 0 Å². The minimum absolute atomic E-state index is 0.0432. The van der Waals surface area contributed by atoms with E-state index < -0.39 is 0 Å². The van der Waals surface area contributed by atoms with Crippen LogP contribution in [0.1, 0.15) is 38.3 Å². The van der Waals surface area contributed by atoms with E-state index in [-0.39, 0.29) is 41.7 Å². The first kappa shape index (κ1) is 20.4. The average Bonchev–Trinajstić information content (AvgIpc) is 3.05. The van der Waals surface area contributed by atoms with E-state index in [1.807, 2.05) is 25.1 Å². The standard InChI is InChI=1S/C26H29FN2O2/c1-15-25-21(20-6-3-7-24(28)22(20)13-23(25)26(30)31-15)11-10-19-9-8-17(14-29-19)16-4-2-5-18(27)12-16/h2,4-5,8-12,14-15,20-25H,3,6-7,13,28H2,1H3/b11-10+/t15-,20+,21+,22+,23-,24+,25+/m1/s1. The minimum atomic E-state index is -0.254. The number of nitrogens with two attached hydrogens (primary N) is 1. The third-order valence-corrected chi connectivity index (χ3v) is 7.68. The van der Waals surface area contributed by atoms with Crippen LogP contribution in [0.2, 0.25) is 0 Å². The van der Waals surface area contributed by atoms with Gasteiger partial charge in [0, 0.05) is 23.7 Å². The molecule has 1 saturated heterocycles. The molecule has 1 aliphatic heterocycles. The Labute approximate surface area is 182 Å². The SMILES string of the molecule is C[C@H]1OC(=O)[C@@H]2C[C@H]3[C@@H](CCC[C@@H]3N)[C@H](/C=C/c3ccc(-c4cccc(F)c4)cn3)[C@H]12. The van der Waals surface area contributed by atoms with Crippen molar-refractivity contribution in [1.29, 1.82) is 0 Å². The lowest BCUT2D eigenvalue weighted by molar-refractivity contribution is -0.144. The Balaban J connectivity index is 1.40. The summed E-state index contributed by atoms with van der Waals surface area (Å²) in [5.74, 6) is 0.998. The molecule has 2 N–H and O–H groups in total. The summed E-state index contributed by atoms with van der Waals surface area (Å²) < 4.78 is 19.2. The fraction of sp³-hybridized carbons (Fsp3) is 0.462. The van der Waals surface area contributed by atoms with Crippen LogP contribution in [0, 0.1) is 35.4 Å². The monoisotopic (exact) mass is 420 g/mol. The molecular weight excluding hydrogens is 391 g/mol. The minimum Gasteiger partial charge on any atom is -0.462 e. The van der Waals surface area contributed by atoms with Gasteiger partial charge in [0.15, 0.2) is 0 Å². The number of hydrogen-bond donors (Lipinski definition) is 1. The molecule has 0 radical (unpaired) electrons. The van der Waals surface area contributed by atoms with E-state index in [0.29, 0.717) is 11.8 Å². The largest absolute Gasteiger partial charge is 0.462 e. The van der Waals surface area contributed by atoms with Gasteiger partial charge >= 0.3 is 5.97 Å². The third kappa shape index (κ3) is 3.80. The molecule has 5 rings (SSSR count). The molecule has 4 nitrogen and oxygen atoms in total. The molecule has 5 heteroatoms. The number of carbonyl (C=O) groups is 1. The predicted molar refractivity (Wildman–Crippen MR) is 118 cm³/mol. The fourth-order valence-corrected chi connectivity index (χ4v) is 6.23. The van der Waals surface area contributed by atoms with Crippen molar-refractivity contribution in [2.75, 3.05) is 0 Å². The molecule has 7 atom stereocenters. The molecule has 2 heterocycles. The molecule has 2 aliphatic carbocycles.